The van der Waals surface area contributed by atoms with Gasteiger partial charge in [-0.3, -0.25) is 4.79 Å². The number of hydrogen-bond acceptors (Lipinski definition) is 2. The minimum atomic E-state index is -0.252. The molecule has 2 aromatic rings. The van der Waals surface area contributed by atoms with Crippen LogP contribution in [0.2, 0.25) is 0 Å². The van der Waals surface area contributed by atoms with E-state index in [9.17, 15) is 9.18 Å². The third-order valence-electron chi connectivity index (χ3n) is 5.02. The minimum Gasteiger partial charge on any atom is -0.352 e. The van der Waals surface area contributed by atoms with Crippen LogP contribution in [0.15, 0.2) is 42.5 Å². The second kappa shape index (κ2) is 5.46. The van der Waals surface area contributed by atoms with Gasteiger partial charge in [-0.1, -0.05) is 24.3 Å². The Kier molecular flexibility index (Phi) is 3.42. The molecule has 0 bridgehead atoms. The largest absolute Gasteiger partial charge is 0.352 e. The van der Waals surface area contributed by atoms with E-state index in [4.69, 9.17) is 0 Å². The van der Waals surface area contributed by atoms with E-state index in [0.717, 1.165) is 41.9 Å². The highest BCUT2D eigenvalue weighted by molar-refractivity contribution is 5.97. The second-order valence-corrected chi connectivity index (χ2v) is 6.61. The SMILES string of the molecule is CN1C[C@@H]2CNC(=O)c3cc(-c4ccc(F)cc4)ccc3[C@H]2C1. The number of likely N-dealkylation sites (tertiary alicyclic amines) is 1. The zero-order chi connectivity index (χ0) is 16.0. The van der Waals surface area contributed by atoms with Crippen molar-refractivity contribution in [3.63, 3.8) is 0 Å². The summed E-state index contributed by atoms with van der Waals surface area (Å²) in [5, 5.41) is 3.05. The van der Waals surface area contributed by atoms with E-state index in [-0.39, 0.29) is 11.7 Å². The molecule has 0 aromatic heterocycles. The first-order chi connectivity index (χ1) is 11.1. The molecule has 1 amide bonds. The van der Waals surface area contributed by atoms with Gasteiger partial charge < -0.3 is 10.2 Å². The van der Waals surface area contributed by atoms with Crippen LogP contribution < -0.4 is 5.32 Å². The Morgan fingerprint density at radius 2 is 1.83 bits per heavy atom. The van der Waals surface area contributed by atoms with E-state index in [1.807, 2.05) is 12.1 Å². The number of fused-ring (bicyclic) bond motifs is 3. The van der Waals surface area contributed by atoms with Gasteiger partial charge in [0.05, 0.1) is 0 Å². The van der Waals surface area contributed by atoms with Crippen molar-refractivity contribution < 1.29 is 9.18 Å². The lowest BCUT2D eigenvalue weighted by molar-refractivity contribution is 0.0951. The standard InChI is InChI=1S/C19H19FN2O/c1-22-10-14-9-21-19(23)17-8-13(4-7-16(17)18(14)11-22)12-2-5-15(20)6-3-12/h2-8,14,18H,9-11H2,1H3,(H,21,23)/t14-,18-/m0/s1. The molecule has 0 saturated carbocycles. The average molecular weight is 310 g/mol. The molecule has 4 rings (SSSR count). The maximum absolute atomic E-state index is 13.1. The fourth-order valence-corrected chi connectivity index (χ4v) is 3.86. The normalized spacial score (nSPS) is 23.8. The summed E-state index contributed by atoms with van der Waals surface area (Å²) in [4.78, 5) is 14.8. The summed E-state index contributed by atoms with van der Waals surface area (Å²) in [7, 11) is 2.13. The highest BCUT2D eigenvalue weighted by Crippen LogP contribution is 2.37. The van der Waals surface area contributed by atoms with Gasteiger partial charge in [0.2, 0.25) is 0 Å². The van der Waals surface area contributed by atoms with Crippen molar-refractivity contribution in [3.8, 4) is 11.1 Å². The molecule has 118 valence electrons. The molecular formula is C19H19FN2O. The molecule has 4 heteroatoms. The number of nitrogens with one attached hydrogen (secondary N) is 1. The zero-order valence-electron chi connectivity index (χ0n) is 13.1. The number of nitrogens with zero attached hydrogens (tertiary/aromatic N) is 1. The molecule has 0 aliphatic carbocycles. The molecule has 3 nitrogen and oxygen atoms in total. The van der Waals surface area contributed by atoms with E-state index in [1.165, 1.54) is 12.1 Å². The van der Waals surface area contributed by atoms with Gasteiger partial charge in [-0.15, -0.1) is 0 Å². The first-order valence-electron chi connectivity index (χ1n) is 7.98. The zero-order valence-corrected chi connectivity index (χ0v) is 13.1. The molecule has 1 saturated heterocycles. The van der Waals surface area contributed by atoms with Crippen molar-refractivity contribution >= 4 is 5.91 Å². The number of hydrogen-bond donors (Lipinski definition) is 1. The molecule has 2 aromatic carbocycles. The van der Waals surface area contributed by atoms with Gasteiger partial charge in [0.1, 0.15) is 5.82 Å². The summed E-state index contributed by atoms with van der Waals surface area (Å²) >= 11 is 0. The molecule has 23 heavy (non-hydrogen) atoms. The van der Waals surface area contributed by atoms with Crippen molar-refractivity contribution in [2.24, 2.45) is 5.92 Å². The van der Waals surface area contributed by atoms with Crippen LogP contribution in [0.5, 0.6) is 0 Å². The highest BCUT2D eigenvalue weighted by Gasteiger charge is 2.36. The van der Waals surface area contributed by atoms with Gasteiger partial charge in [-0.2, -0.15) is 0 Å². The smallest absolute Gasteiger partial charge is 0.251 e. The van der Waals surface area contributed by atoms with E-state index in [0.29, 0.717) is 11.8 Å². The van der Waals surface area contributed by atoms with Crippen LogP contribution in [-0.4, -0.2) is 37.5 Å². The van der Waals surface area contributed by atoms with Crippen LogP contribution in [0.1, 0.15) is 21.8 Å². The van der Waals surface area contributed by atoms with Gasteiger partial charge in [0.15, 0.2) is 0 Å². The van der Waals surface area contributed by atoms with Gasteiger partial charge in [-0.25, -0.2) is 4.39 Å². The molecule has 2 aliphatic rings. The molecule has 0 radical (unpaired) electrons. The van der Waals surface area contributed by atoms with Crippen molar-refractivity contribution in [2.45, 2.75) is 5.92 Å². The first-order valence-corrected chi connectivity index (χ1v) is 7.98. The number of benzene rings is 2. The van der Waals surface area contributed by atoms with Crippen molar-refractivity contribution in [1.82, 2.24) is 10.2 Å². The van der Waals surface area contributed by atoms with E-state index in [1.54, 1.807) is 12.1 Å². The Labute approximate surface area is 135 Å². The lowest BCUT2D eigenvalue weighted by atomic mass is 9.86. The van der Waals surface area contributed by atoms with Gasteiger partial charge in [-0.05, 0) is 47.9 Å². The Morgan fingerprint density at radius 1 is 1.09 bits per heavy atom. The van der Waals surface area contributed by atoms with E-state index >= 15 is 0 Å². The number of halogens is 1. The third kappa shape index (κ3) is 2.53. The van der Waals surface area contributed by atoms with Crippen molar-refractivity contribution in [1.29, 1.82) is 0 Å². The first kappa shape index (κ1) is 14.4. The molecular weight excluding hydrogens is 291 g/mol. The van der Waals surface area contributed by atoms with Gasteiger partial charge in [0, 0.05) is 31.1 Å². The Hall–Kier alpha value is -2.20. The molecule has 1 fully saturated rings. The highest BCUT2D eigenvalue weighted by atomic mass is 19.1. The lowest BCUT2D eigenvalue weighted by Gasteiger charge is -2.17. The predicted molar refractivity (Wildman–Crippen MR) is 87.9 cm³/mol. The molecule has 1 N–H and O–H groups in total. The van der Waals surface area contributed by atoms with E-state index < -0.39 is 0 Å². The predicted octanol–water partition coefficient (Wildman–Crippen LogP) is 2.88. The van der Waals surface area contributed by atoms with E-state index in [2.05, 4.69) is 23.3 Å². The Bertz CT molecular complexity index is 756. The second-order valence-electron chi connectivity index (χ2n) is 6.61. The number of rotatable bonds is 1. The lowest BCUT2D eigenvalue weighted by Crippen LogP contribution is -2.29. The quantitative estimate of drug-likeness (QED) is 0.878. The third-order valence-corrected chi connectivity index (χ3v) is 5.02. The van der Waals surface area contributed by atoms with Crippen LogP contribution in [0, 0.1) is 11.7 Å². The van der Waals surface area contributed by atoms with Crippen molar-refractivity contribution in [3.05, 3.63) is 59.4 Å². The molecule has 2 aliphatic heterocycles. The van der Waals surface area contributed by atoms with Crippen LogP contribution >= 0.6 is 0 Å². The molecule has 2 atom stereocenters. The summed E-state index contributed by atoms with van der Waals surface area (Å²) in [6.45, 7) is 2.74. The van der Waals surface area contributed by atoms with Crippen LogP contribution in [0.3, 0.4) is 0 Å². The summed E-state index contributed by atoms with van der Waals surface area (Å²) < 4.78 is 13.1. The average Bonchev–Trinajstić information content (AvgIpc) is 2.88. The maximum Gasteiger partial charge on any atom is 0.251 e. The molecule has 0 spiro atoms. The minimum absolute atomic E-state index is 0.000940. The topological polar surface area (TPSA) is 32.3 Å². The number of carbonyl (C=O) groups excluding carboxylic acids is 1. The summed E-state index contributed by atoms with van der Waals surface area (Å²) in [6.07, 6.45) is 0. The number of amides is 1. The van der Waals surface area contributed by atoms with Crippen molar-refractivity contribution in [2.75, 3.05) is 26.7 Å². The fraction of sp³-hybridized carbons (Fsp3) is 0.316. The fourth-order valence-electron chi connectivity index (χ4n) is 3.86. The van der Waals surface area contributed by atoms with Crippen LogP contribution in [-0.2, 0) is 0 Å². The van der Waals surface area contributed by atoms with Gasteiger partial charge in [0.25, 0.3) is 5.91 Å². The Morgan fingerprint density at radius 3 is 2.61 bits per heavy atom. The molecule has 0 unspecified atom stereocenters. The monoisotopic (exact) mass is 310 g/mol. The summed E-state index contributed by atoms with van der Waals surface area (Å²) in [6, 6.07) is 12.5. The number of carbonyl (C=O) groups is 1. The Balaban J connectivity index is 1.78. The summed E-state index contributed by atoms with van der Waals surface area (Å²) in [5.74, 6) is 0.622. The maximum atomic E-state index is 13.1. The summed E-state index contributed by atoms with van der Waals surface area (Å²) in [5.41, 5.74) is 3.77. The van der Waals surface area contributed by atoms with Crippen LogP contribution in [0.4, 0.5) is 4.39 Å². The molecule has 2 heterocycles. The number of likely N-dealkylation sites (N-methyl/N-ethyl adjacent to an activating group) is 1. The van der Waals surface area contributed by atoms with Gasteiger partial charge >= 0.3 is 0 Å². The van der Waals surface area contributed by atoms with Crippen LogP contribution in [0.25, 0.3) is 11.1 Å².